The maximum atomic E-state index is 12.4. The van der Waals surface area contributed by atoms with Crippen LogP contribution in [0, 0.1) is 6.92 Å². The first-order chi connectivity index (χ1) is 13.2. The van der Waals surface area contributed by atoms with E-state index in [2.05, 4.69) is 46.7 Å². The number of nitrogens with one attached hydrogen (secondary N) is 2. The Morgan fingerprint density at radius 3 is 2.74 bits per heavy atom. The Bertz CT molecular complexity index is 875. The number of aromatic nitrogens is 2. The van der Waals surface area contributed by atoms with Gasteiger partial charge < -0.3 is 14.6 Å². The number of carbonyl (C=O) groups is 1. The predicted octanol–water partition coefficient (Wildman–Crippen LogP) is 3.37. The van der Waals surface area contributed by atoms with Gasteiger partial charge in [0.2, 0.25) is 0 Å². The van der Waals surface area contributed by atoms with E-state index in [4.69, 9.17) is 4.42 Å². The normalized spacial score (nSPS) is 15.2. The van der Waals surface area contributed by atoms with E-state index in [1.165, 1.54) is 18.1 Å². The molecule has 0 unspecified atom stereocenters. The summed E-state index contributed by atoms with van der Waals surface area (Å²) in [4.78, 5) is 14.3. The van der Waals surface area contributed by atoms with Crippen molar-refractivity contribution < 1.29 is 9.21 Å². The van der Waals surface area contributed by atoms with E-state index in [9.17, 15) is 4.79 Å². The number of amides is 1. The highest BCUT2D eigenvalue weighted by molar-refractivity contribution is 5.93. The van der Waals surface area contributed by atoms with Gasteiger partial charge in [-0.25, -0.2) is 0 Å². The van der Waals surface area contributed by atoms with Crippen LogP contribution in [0.5, 0.6) is 0 Å². The highest BCUT2D eigenvalue weighted by Gasteiger charge is 2.24. The zero-order chi connectivity index (χ0) is 18.6. The van der Waals surface area contributed by atoms with E-state index in [0.717, 1.165) is 49.3 Å². The first kappa shape index (κ1) is 17.5. The molecule has 1 saturated heterocycles. The minimum absolute atomic E-state index is 0.0543. The van der Waals surface area contributed by atoms with Gasteiger partial charge in [-0.1, -0.05) is 29.8 Å². The summed E-state index contributed by atoms with van der Waals surface area (Å²) in [5.41, 5.74) is 5.25. The molecule has 0 saturated carbocycles. The van der Waals surface area contributed by atoms with Crippen molar-refractivity contribution in [3.05, 3.63) is 65.7 Å². The van der Waals surface area contributed by atoms with Crippen molar-refractivity contribution in [3.8, 4) is 11.3 Å². The molecule has 2 aromatic heterocycles. The van der Waals surface area contributed by atoms with Crippen LogP contribution in [0.3, 0.4) is 0 Å². The van der Waals surface area contributed by atoms with E-state index in [0.29, 0.717) is 11.6 Å². The SMILES string of the molecule is Cc1ccc(-c2[nH]ncc2CNC2CCN(C(=O)c3ccoc3)CC2)cc1. The molecule has 0 radical (unpaired) electrons. The van der Waals surface area contributed by atoms with Gasteiger partial charge in [0.15, 0.2) is 0 Å². The lowest BCUT2D eigenvalue weighted by molar-refractivity contribution is 0.0704. The van der Waals surface area contributed by atoms with E-state index in [1.807, 2.05) is 11.1 Å². The lowest BCUT2D eigenvalue weighted by atomic mass is 10.0. The number of rotatable bonds is 5. The standard InChI is InChI=1S/C21H24N4O2/c1-15-2-4-16(5-3-15)20-18(13-23-24-20)12-22-19-6-9-25(10-7-19)21(26)17-8-11-27-14-17/h2-5,8,11,13-14,19,22H,6-7,9-10,12H2,1H3,(H,23,24). The number of piperidine rings is 1. The molecule has 1 aromatic carbocycles. The van der Waals surface area contributed by atoms with Crippen LogP contribution in [0.4, 0.5) is 0 Å². The molecule has 140 valence electrons. The Labute approximate surface area is 158 Å². The molecule has 1 fully saturated rings. The van der Waals surface area contributed by atoms with Crippen molar-refractivity contribution in [1.82, 2.24) is 20.4 Å². The van der Waals surface area contributed by atoms with Gasteiger partial charge in [0.05, 0.1) is 23.7 Å². The summed E-state index contributed by atoms with van der Waals surface area (Å²) in [6, 6.07) is 10.6. The van der Waals surface area contributed by atoms with Gasteiger partial charge in [0.1, 0.15) is 6.26 Å². The van der Waals surface area contributed by atoms with Crippen molar-refractivity contribution in [3.63, 3.8) is 0 Å². The monoisotopic (exact) mass is 364 g/mol. The highest BCUT2D eigenvalue weighted by atomic mass is 16.3. The van der Waals surface area contributed by atoms with E-state index >= 15 is 0 Å². The van der Waals surface area contributed by atoms with Crippen molar-refractivity contribution in [2.24, 2.45) is 0 Å². The third-order valence-electron chi connectivity index (χ3n) is 5.19. The van der Waals surface area contributed by atoms with Crippen molar-refractivity contribution >= 4 is 5.91 Å². The molecule has 4 rings (SSSR count). The summed E-state index contributed by atoms with van der Waals surface area (Å²) < 4.78 is 5.01. The maximum absolute atomic E-state index is 12.4. The van der Waals surface area contributed by atoms with Crippen molar-refractivity contribution in [2.75, 3.05) is 13.1 Å². The summed E-state index contributed by atoms with van der Waals surface area (Å²) in [6.07, 6.45) is 6.83. The first-order valence-corrected chi connectivity index (χ1v) is 9.35. The van der Waals surface area contributed by atoms with Gasteiger partial charge in [-0.3, -0.25) is 9.89 Å². The molecule has 0 aliphatic carbocycles. The number of aryl methyl sites for hydroxylation is 1. The molecule has 6 heteroatoms. The average Bonchev–Trinajstić information content (AvgIpc) is 3.39. The number of likely N-dealkylation sites (tertiary alicyclic amines) is 1. The smallest absolute Gasteiger partial charge is 0.257 e. The van der Waals surface area contributed by atoms with Crippen LogP contribution in [-0.2, 0) is 6.54 Å². The molecule has 1 aliphatic heterocycles. The van der Waals surface area contributed by atoms with Gasteiger partial charge >= 0.3 is 0 Å². The fourth-order valence-electron chi connectivity index (χ4n) is 3.53. The third-order valence-corrected chi connectivity index (χ3v) is 5.19. The summed E-state index contributed by atoms with van der Waals surface area (Å²) in [5, 5.41) is 11.0. The van der Waals surface area contributed by atoms with E-state index in [-0.39, 0.29) is 5.91 Å². The van der Waals surface area contributed by atoms with Crippen molar-refractivity contribution in [2.45, 2.75) is 32.4 Å². The molecule has 0 spiro atoms. The molecule has 6 nitrogen and oxygen atoms in total. The van der Waals surface area contributed by atoms with Crippen LogP contribution in [0.1, 0.15) is 34.3 Å². The largest absolute Gasteiger partial charge is 0.472 e. The Morgan fingerprint density at radius 1 is 1.26 bits per heavy atom. The number of furan rings is 1. The first-order valence-electron chi connectivity index (χ1n) is 9.35. The van der Waals surface area contributed by atoms with Crippen LogP contribution in [0.2, 0.25) is 0 Å². The average molecular weight is 364 g/mol. The number of carbonyl (C=O) groups excluding carboxylic acids is 1. The van der Waals surface area contributed by atoms with Crippen LogP contribution >= 0.6 is 0 Å². The zero-order valence-electron chi connectivity index (χ0n) is 15.4. The molecule has 0 bridgehead atoms. The predicted molar refractivity (Wildman–Crippen MR) is 103 cm³/mol. The zero-order valence-corrected chi connectivity index (χ0v) is 15.4. The molecular formula is C21H24N4O2. The highest BCUT2D eigenvalue weighted by Crippen LogP contribution is 2.22. The second-order valence-corrected chi connectivity index (χ2v) is 7.10. The van der Waals surface area contributed by atoms with Gasteiger partial charge in [-0.05, 0) is 31.4 Å². The quantitative estimate of drug-likeness (QED) is 0.728. The van der Waals surface area contributed by atoms with Gasteiger partial charge in [0, 0.05) is 31.2 Å². The molecule has 1 amide bonds. The lowest BCUT2D eigenvalue weighted by Gasteiger charge is -2.32. The lowest BCUT2D eigenvalue weighted by Crippen LogP contribution is -2.44. The Hall–Kier alpha value is -2.86. The number of benzene rings is 1. The Kier molecular flexibility index (Phi) is 5.07. The van der Waals surface area contributed by atoms with Gasteiger partial charge in [0.25, 0.3) is 5.91 Å². The number of hydrogen-bond donors (Lipinski definition) is 2. The van der Waals surface area contributed by atoms with E-state index in [1.54, 1.807) is 6.07 Å². The molecule has 1 aliphatic rings. The summed E-state index contributed by atoms with van der Waals surface area (Å²) >= 11 is 0. The maximum Gasteiger partial charge on any atom is 0.257 e. The Morgan fingerprint density at radius 2 is 2.04 bits per heavy atom. The summed E-state index contributed by atoms with van der Waals surface area (Å²) in [6.45, 7) is 4.37. The number of aromatic amines is 1. The van der Waals surface area contributed by atoms with Crippen LogP contribution < -0.4 is 5.32 Å². The number of hydrogen-bond acceptors (Lipinski definition) is 4. The molecule has 2 N–H and O–H groups in total. The van der Waals surface area contributed by atoms with Crippen LogP contribution in [-0.4, -0.2) is 40.1 Å². The van der Waals surface area contributed by atoms with Crippen molar-refractivity contribution in [1.29, 1.82) is 0 Å². The minimum Gasteiger partial charge on any atom is -0.472 e. The summed E-state index contributed by atoms with van der Waals surface area (Å²) in [7, 11) is 0. The van der Waals surface area contributed by atoms with Crippen LogP contribution in [0.15, 0.2) is 53.5 Å². The molecule has 0 atom stereocenters. The molecular weight excluding hydrogens is 340 g/mol. The topological polar surface area (TPSA) is 74.2 Å². The second kappa shape index (κ2) is 7.80. The summed E-state index contributed by atoms with van der Waals surface area (Å²) in [5.74, 6) is 0.0543. The molecule has 3 aromatic rings. The molecule has 27 heavy (non-hydrogen) atoms. The molecule has 3 heterocycles. The van der Waals surface area contributed by atoms with E-state index < -0.39 is 0 Å². The number of nitrogens with zero attached hydrogens (tertiary/aromatic N) is 2. The fraction of sp³-hybridized carbons (Fsp3) is 0.333. The van der Waals surface area contributed by atoms with Crippen LogP contribution in [0.25, 0.3) is 11.3 Å². The fourth-order valence-corrected chi connectivity index (χ4v) is 3.53. The third kappa shape index (κ3) is 3.95. The second-order valence-electron chi connectivity index (χ2n) is 7.10. The van der Waals surface area contributed by atoms with Gasteiger partial charge in [-0.15, -0.1) is 0 Å². The number of H-pyrrole nitrogens is 1. The minimum atomic E-state index is 0.0543. The van der Waals surface area contributed by atoms with Gasteiger partial charge in [-0.2, -0.15) is 5.10 Å². The Balaban J connectivity index is 1.31.